The molecule has 0 saturated carbocycles. The fourth-order valence-electron chi connectivity index (χ4n) is 3.11. The predicted octanol–water partition coefficient (Wildman–Crippen LogP) is 6.38. The molecule has 0 saturated heterocycles. The molecule has 4 rings (SSSR count). The van der Waals surface area contributed by atoms with Gasteiger partial charge in [0.25, 0.3) is 0 Å². The number of rotatable bonds is 3. The van der Waals surface area contributed by atoms with E-state index in [4.69, 9.17) is 18.5 Å². The molecule has 3 heterocycles. The summed E-state index contributed by atoms with van der Waals surface area (Å²) in [5.41, 5.74) is 0.155. The van der Waals surface area contributed by atoms with E-state index in [1.165, 1.54) is 6.20 Å². The quantitative estimate of drug-likeness (QED) is 0.279. The average Bonchev–Trinajstić information content (AvgIpc) is 3.41. The molecule has 3 aromatic heterocycles. The van der Waals surface area contributed by atoms with Gasteiger partial charge < -0.3 is 18.5 Å². The van der Waals surface area contributed by atoms with Gasteiger partial charge in [-0.25, -0.2) is 19.6 Å². The fourth-order valence-corrected chi connectivity index (χ4v) is 3.39. The monoisotopic (exact) mass is 557 g/mol. The number of hydrogen-bond donors (Lipinski definition) is 0. The topological polar surface area (TPSA) is 134 Å². The Hall–Kier alpha value is -3.80. The summed E-state index contributed by atoms with van der Waals surface area (Å²) in [4.78, 5) is 35.7. The van der Waals surface area contributed by atoms with Gasteiger partial charge in [0, 0.05) is 17.0 Å². The lowest BCUT2D eigenvalue weighted by Crippen LogP contribution is -2.44. The number of fused-ring (bicyclic) bond motifs is 1. The van der Waals surface area contributed by atoms with Crippen molar-refractivity contribution in [3.8, 4) is 22.7 Å². The third kappa shape index (κ3) is 5.70. The maximum Gasteiger partial charge on any atom is 0.425 e. The second-order valence-corrected chi connectivity index (χ2v) is 10.6. The summed E-state index contributed by atoms with van der Waals surface area (Å²) in [7, 11) is 0. The SMILES string of the molecule is CC(C)(C)OC(=O)N(C(=O)OC(C)(C)C)c1ncc(Br)nc1-c1cc(-c2ccc3oncc3c2)no1. The van der Waals surface area contributed by atoms with Crippen molar-refractivity contribution < 1.29 is 28.1 Å². The zero-order valence-electron chi connectivity index (χ0n) is 20.5. The van der Waals surface area contributed by atoms with Crippen molar-refractivity contribution in [3.05, 3.63) is 41.3 Å². The highest BCUT2D eigenvalue weighted by Crippen LogP contribution is 2.34. The maximum atomic E-state index is 13.1. The van der Waals surface area contributed by atoms with Crippen LogP contribution in [0.25, 0.3) is 33.7 Å². The smallest absolute Gasteiger partial charge is 0.425 e. The van der Waals surface area contributed by atoms with Crippen LogP contribution in [0, 0.1) is 0 Å². The van der Waals surface area contributed by atoms with E-state index in [1.54, 1.807) is 65.9 Å². The Kier molecular flexibility index (Phi) is 6.56. The molecule has 0 unspecified atom stereocenters. The zero-order chi connectivity index (χ0) is 26.3. The van der Waals surface area contributed by atoms with Crippen LogP contribution in [0.15, 0.2) is 50.3 Å². The molecule has 2 amide bonds. The van der Waals surface area contributed by atoms with Crippen LogP contribution in [0.3, 0.4) is 0 Å². The van der Waals surface area contributed by atoms with E-state index >= 15 is 0 Å². The number of carbonyl (C=O) groups excluding carboxylic acids is 2. The lowest BCUT2D eigenvalue weighted by Gasteiger charge is -2.28. The second kappa shape index (κ2) is 9.34. The number of anilines is 1. The highest BCUT2D eigenvalue weighted by molar-refractivity contribution is 9.10. The number of carbonyl (C=O) groups is 2. The van der Waals surface area contributed by atoms with Crippen LogP contribution in [0.5, 0.6) is 0 Å². The lowest BCUT2D eigenvalue weighted by molar-refractivity contribution is 0.0429. The van der Waals surface area contributed by atoms with Gasteiger partial charge >= 0.3 is 12.2 Å². The summed E-state index contributed by atoms with van der Waals surface area (Å²) in [6.45, 7) is 10.1. The van der Waals surface area contributed by atoms with Crippen molar-refractivity contribution in [1.29, 1.82) is 0 Å². The summed E-state index contributed by atoms with van der Waals surface area (Å²) < 4.78 is 22.0. The number of aromatic nitrogens is 4. The van der Waals surface area contributed by atoms with Crippen LogP contribution in [0.1, 0.15) is 41.5 Å². The van der Waals surface area contributed by atoms with Crippen LogP contribution in [0.4, 0.5) is 15.4 Å². The van der Waals surface area contributed by atoms with E-state index < -0.39 is 23.4 Å². The first-order valence-electron chi connectivity index (χ1n) is 10.9. The van der Waals surface area contributed by atoms with E-state index in [9.17, 15) is 9.59 Å². The van der Waals surface area contributed by atoms with Gasteiger partial charge in [0.1, 0.15) is 21.5 Å². The number of imide groups is 1. The number of amides is 2. The highest BCUT2D eigenvalue weighted by Gasteiger charge is 2.36. The molecule has 0 bridgehead atoms. The third-order valence-electron chi connectivity index (χ3n) is 4.48. The summed E-state index contributed by atoms with van der Waals surface area (Å²) in [6.07, 6.45) is 0.981. The molecule has 0 fully saturated rings. The van der Waals surface area contributed by atoms with Crippen molar-refractivity contribution in [2.45, 2.75) is 52.7 Å². The summed E-state index contributed by atoms with van der Waals surface area (Å²) in [5.74, 6) is 0.0234. The molecular weight excluding hydrogens is 534 g/mol. The Morgan fingerprint density at radius 1 is 0.944 bits per heavy atom. The first-order valence-corrected chi connectivity index (χ1v) is 11.7. The standard InChI is InChI=1S/C24H24BrN5O6/c1-23(2,3)33-21(31)30(22(32)34-24(4,5)6)20-19(28-18(25)12-26-20)17-10-15(29-36-17)13-7-8-16-14(9-13)11-27-35-16/h7-12H,1-6H3. The molecule has 0 N–H and O–H groups in total. The molecular formula is C24H24BrN5O6. The Balaban J connectivity index is 1.79. The number of benzene rings is 1. The van der Waals surface area contributed by atoms with Crippen molar-refractivity contribution in [3.63, 3.8) is 0 Å². The van der Waals surface area contributed by atoms with Crippen molar-refractivity contribution in [1.82, 2.24) is 20.3 Å². The van der Waals surface area contributed by atoms with Gasteiger partial charge in [-0.1, -0.05) is 10.3 Å². The van der Waals surface area contributed by atoms with Gasteiger partial charge in [-0.2, -0.15) is 4.90 Å². The molecule has 0 radical (unpaired) electrons. The average molecular weight is 558 g/mol. The molecule has 0 spiro atoms. The molecule has 36 heavy (non-hydrogen) atoms. The predicted molar refractivity (Wildman–Crippen MR) is 133 cm³/mol. The van der Waals surface area contributed by atoms with Gasteiger partial charge in [-0.3, -0.25) is 0 Å². The van der Waals surface area contributed by atoms with Gasteiger partial charge in [0.15, 0.2) is 22.9 Å². The summed E-state index contributed by atoms with van der Waals surface area (Å²) in [6, 6.07) is 7.03. The molecule has 11 nitrogen and oxygen atoms in total. The Morgan fingerprint density at radius 2 is 1.61 bits per heavy atom. The normalized spacial score (nSPS) is 12.0. The zero-order valence-corrected chi connectivity index (χ0v) is 22.1. The second-order valence-electron chi connectivity index (χ2n) is 9.82. The minimum atomic E-state index is -0.979. The molecule has 0 aliphatic rings. The van der Waals surface area contributed by atoms with E-state index in [2.05, 4.69) is 36.2 Å². The van der Waals surface area contributed by atoms with E-state index in [1.807, 2.05) is 6.07 Å². The minimum absolute atomic E-state index is 0.0749. The largest absolute Gasteiger partial charge is 0.443 e. The molecule has 0 aliphatic carbocycles. The number of nitrogens with zero attached hydrogens (tertiary/aromatic N) is 5. The van der Waals surface area contributed by atoms with Crippen molar-refractivity contribution in [2.75, 3.05) is 4.90 Å². The Labute approximate surface area is 214 Å². The summed E-state index contributed by atoms with van der Waals surface area (Å²) >= 11 is 3.28. The molecule has 12 heteroatoms. The first kappa shape index (κ1) is 25.3. The summed E-state index contributed by atoms with van der Waals surface area (Å²) in [5, 5.41) is 8.70. The number of hydrogen-bond acceptors (Lipinski definition) is 10. The molecule has 1 aromatic carbocycles. The highest BCUT2D eigenvalue weighted by atomic mass is 79.9. The third-order valence-corrected chi connectivity index (χ3v) is 4.86. The van der Waals surface area contributed by atoms with Gasteiger partial charge in [-0.05, 0) is 75.7 Å². The Morgan fingerprint density at radius 3 is 2.25 bits per heavy atom. The van der Waals surface area contributed by atoms with Crippen LogP contribution in [-0.2, 0) is 9.47 Å². The van der Waals surface area contributed by atoms with Crippen LogP contribution < -0.4 is 4.90 Å². The molecule has 4 aromatic rings. The molecule has 188 valence electrons. The molecule has 0 aliphatic heterocycles. The van der Waals surface area contributed by atoms with Gasteiger partial charge in [0.2, 0.25) is 0 Å². The van der Waals surface area contributed by atoms with Crippen LogP contribution >= 0.6 is 15.9 Å². The van der Waals surface area contributed by atoms with Gasteiger partial charge in [-0.15, -0.1) is 0 Å². The van der Waals surface area contributed by atoms with Crippen molar-refractivity contribution >= 4 is 44.9 Å². The molecule has 0 atom stereocenters. The first-order chi connectivity index (χ1) is 16.8. The maximum absolute atomic E-state index is 13.1. The number of halogens is 1. The van der Waals surface area contributed by atoms with E-state index in [-0.39, 0.29) is 17.3 Å². The fraction of sp³-hybridized carbons (Fsp3) is 0.333. The van der Waals surface area contributed by atoms with Gasteiger partial charge in [0.05, 0.1) is 12.4 Å². The van der Waals surface area contributed by atoms with Crippen LogP contribution in [0.2, 0.25) is 0 Å². The van der Waals surface area contributed by atoms with Crippen molar-refractivity contribution in [2.24, 2.45) is 0 Å². The lowest BCUT2D eigenvalue weighted by atomic mass is 10.1. The van der Waals surface area contributed by atoms with E-state index in [0.717, 1.165) is 10.9 Å². The van der Waals surface area contributed by atoms with Crippen LogP contribution in [-0.4, -0.2) is 43.7 Å². The number of ether oxygens (including phenoxy) is 2. The minimum Gasteiger partial charge on any atom is -0.443 e. The Bertz CT molecular complexity index is 1400. The van der Waals surface area contributed by atoms with E-state index in [0.29, 0.717) is 20.8 Å².